The van der Waals surface area contributed by atoms with E-state index in [0.29, 0.717) is 0 Å². The summed E-state index contributed by atoms with van der Waals surface area (Å²) in [4.78, 5) is 2.61. The van der Waals surface area contributed by atoms with Gasteiger partial charge < -0.3 is 10.6 Å². The third kappa shape index (κ3) is 3.74. The lowest BCUT2D eigenvalue weighted by atomic mass is 9.75. The zero-order valence-corrected chi connectivity index (χ0v) is 11.8. The van der Waals surface area contributed by atoms with Crippen LogP contribution in [0.3, 0.4) is 0 Å². The molecule has 1 fully saturated rings. The first kappa shape index (κ1) is 14.0. The van der Waals surface area contributed by atoms with Crippen LogP contribution in [0.4, 0.5) is 0 Å². The smallest absolute Gasteiger partial charge is 0.0161 e. The Morgan fingerprint density at radius 2 is 1.75 bits per heavy atom. The van der Waals surface area contributed by atoms with Gasteiger partial charge in [0.15, 0.2) is 0 Å². The minimum Gasteiger partial charge on any atom is -0.325 e. The molecule has 1 saturated heterocycles. The fourth-order valence-corrected chi connectivity index (χ4v) is 2.24. The average Bonchev–Trinajstić information content (AvgIpc) is 2.28. The van der Waals surface area contributed by atoms with Crippen molar-refractivity contribution < 1.29 is 0 Å². The lowest BCUT2D eigenvalue weighted by Gasteiger charge is -2.42. The molecule has 1 aliphatic heterocycles. The molecule has 2 nitrogen and oxygen atoms in total. The molecule has 1 heterocycles. The second kappa shape index (κ2) is 5.05. The second-order valence-corrected chi connectivity index (χ2v) is 6.92. The molecule has 96 valence electrons. The third-order valence-corrected chi connectivity index (χ3v) is 4.47. The summed E-state index contributed by atoms with van der Waals surface area (Å²) in [5, 5.41) is 0. The maximum Gasteiger partial charge on any atom is 0.0161 e. The standard InChI is InChI=1S/C14H30N2/c1-12-7-6-9-16(10-8-12)11-13(2,3)14(4,5)15/h12H,6-11,15H2,1-5H3. The summed E-state index contributed by atoms with van der Waals surface area (Å²) in [5.41, 5.74) is 6.34. The molecule has 16 heavy (non-hydrogen) atoms. The lowest BCUT2D eigenvalue weighted by Crippen LogP contribution is -2.53. The minimum atomic E-state index is -0.106. The van der Waals surface area contributed by atoms with E-state index in [4.69, 9.17) is 5.73 Å². The van der Waals surface area contributed by atoms with Gasteiger partial charge in [-0.15, -0.1) is 0 Å². The predicted molar refractivity (Wildman–Crippen MR) is 71.5 cm³/mol. The van der Waals surface area contributed by atoms with Crippen molar-refractivity contribution in [3.05, 3.63) is 0 Å². The van der Waals surface area contributed by atoms with Gasteiger partial charge in [-0.2, -0.15) is 0 Å². The van der Waals surface area contributed by atoms with E-state index in [9.17, 15) is 0 Å². The van der Waals surface area contributed by atoms with Crippen LogP contribution in [0.1, 0.15) is 53.9 Å². The summed E-state index contributed by atoms with van der Waals surface area (Å²) in [7, 11) is 0. The van der Waals surface area contributed by atoms with Gasteiger partial charge in [-0.1, -0.05) is 20.8 Å². The van der Waals surface area contributed by atoms with Crippen molar-refractivity contribution in [3.63, 3.8) is 0 Å². The molecule has 1 unspecified atom stereocenters. The number of nitrogens with two attached hydrogens (primary N) is 1. The van der Waals surface area contributed by atoms with Gasteiger partial charge in [-0.25, -0.2) is 0 Å². The molecule has 0 aromatic carbocycles. The van der Waals surface area contributed by atoms with Crippen LogP contribution in [0.15, 0.2) is 0 Å². The second-order valence-electron chi connectivity index (χ2n) is 6.92. The Morgan fingerprint density at radius 1 is 1.12 bits per heavy atom. The van der Waals surface area contributed by atoms with Crippen molar-refractivity contribution in [2.24, 2.45) is 17.1 Å². The molecule has 0 aromatic rings. The van der Waals surface area contributed by atoms with Gasteiger partial charge in [0, 0.05) is 12.1 Å². The fraction of sp³-hybridized carbons (Fsp3) is 1.00. The molecule has 0 radical (unpaired) electrons. The maximum atomic E-state index is 6.27. The first-order chi connectivity index (χ1) is 7.22. The highest BCUT2D eigenvalue weighted by Crippen LogP contribution is 2.30. The Labute approximate surface area is 102 Å². The van der Waals surface area contributed by atoms with Gasteiger partial charge in [0.25, 0.3) is 0 Å². The summed E-state index contributed by atoms with van der Waals surface area (Å²) < 4.78 is 0. The molecule has 0 aromatic heterocycles. The predicted octanol–water partition coefficient (Wildman–Crippen LogP) is 2.87. The molecular formula is C14H30N2. The highest BCUT2D eigenvalue weighted by Gasteiger charge is 2.35. The van der Waals surface area contributed by atoms with Gasteiger partial charge in [-0.3, -0.25) is 0 Å². The van der Waals surface area contributed by atoms with E-state index in [2.05, 4.69) is 39.5 Å². The lowest BCUT2D eigenvalue weighted by molar-refractivity contribution is 0.115. The average molecular weight is 226 g/mol. The van der Waals surface area contributed by atoms with E-state index < -0.39 is 0 Å². The summed E-state index contributed by atoms with van der Waals surface area (Å²) in [6.07, 6.45) is 4.09. The Hall–Kier alpha value is -0.0800. The molecule has 0 aliphatic carbocycles. The third-order valence-electron chi connectivity index (χ3n) is 4.47. The van der Waals surface area contributed by atoms with Crippen LogP contribution >= 0.6 is 0 Å². The Bertz CT molecular complexity index is 215. The zero-order valence-electron chi connectivity index (χ0n) is 11.8. The van der Waals surface area contributed by atoms with Gasteiger partial charge in [0.2, 0.25) is 0 Å². The van der Waals surface area contributed by atoms with E-state index in [0.717, 1.165) is 12.5 Å². The van der Waals surface area contributed by atoms with Crippen molar-refractivity contribution >= 4 is 0 Å². The number of rotatable bonds is 3. The van der Waals surface area contributed by atoms with Crippen LogP contribution in [0.2, 0.25) is 0 Å². The Balaban J connectivity index is 2.53. The Kier molecular flexibility index (Phi) is 4.42. The van der Waals surface area contributed by atoms with Crippen molar-refractivity contribution in [2.45, 2.75) is 59.4 Å². The van der Waals surface area contributed by atoms with E-state index in [-0.39, 0.29) is 11.0 Å². The molecule has 2 N–H and O–H groups in total. The summed E-state index contributed by atoms with van der Waals surface area (Å²) >= 11 is 0. The maximum absolute atomic E-state index is 6.27. The molecule has 0 bridgehead atoms. The molecule has 0 spiro atoms. The van der Waals surface area contributed by atoms with Crippen LogP contribution in [0.25, 0.3) is 0 Å². The van der Waals surface area contributed by atoms with Crippen LogP contribution in [-0.4, -0.2) is 30.1 Å². The molecule has 1 atom stereocenters. The number of hydrogen-bond acceptors (Lipinski definition) is 2. The van der Waals surface area contributed by atoms with E-state index >= 15 is 0 Å². The summed E-state index contributed by atoms with van der Waals surface area (Å²) in [6, 6.07) is 0. The van der Waals surface area contributed by atoms with Crippen molar-refractivity contribution in [1.82, 2.24) is 4.90 Å². The van der Waals surface area contributed by atoms with Crippen molar-refractivity contribution in [1.29, 1.82) is 0 Å². The highest BCUT2D eigenvalue weighted by atomic mass is 15.1. The molecule has 1 rings (SSSR count). The molecule has 0 saturated carbocycles. The minimum absolute atomic E-state index is 0.106. The molecule has 0 amide bonds. The van der Waals surface area contributed by atoms with Gasteiger partial charge in [0.05, 0.1) is 0 Å². The van der Waals surface area contributed by atoms with Crippen LogP contribution < -0.4 is 5.73 Å². The van der Waals surface area contributed by atoms with Gasteiger partial charge in [0.1, 0.15) is 0 Å². The van der Waals surface area contributed by atoms with Gasteiger partial charge >= 0.3 is 0 Å². The number of hydrogen-bond donors (Lipinski definition) is 1. The zero-order chi connectivity index (χ0) is 12.4. The summed E-state index contributed by atoms with van der Waals surface area (Å²) in [6.45, 7) is 14.9. The first-order valence-corrected chi connectivity index (χ1v) is 6.73. The van der Waals surface area contributed by atoms with Crippen LogP contribution in [0, 0.1) is 11.3 Å². The monoisotopic (exact) mass is 226 g/mol. The SMILES string of the molecule is CC1CCCN(CC(C)(C)C(C)(C)N)CC1. The number of likely N-dealkylation sites (tertiary alicyclic amines) is 1. The highest BCUT2D eigenvalue weighted by molar-refractivity contribution is 4.92. The normalized spacial score (nSPS) is 25.5. The number of nitrogens with zero attached hydrogens (tertiary/aromatic N) is 1. The largest absolute Gasteiger partial charge is 0.325 e. The molecular weight excluding hydrogens is 196 g/mol. The molecule has 1 aliphatic rings. The van der Waals surface area contributed by atoms with E-state index in [1.54, 1.807) is 0 Å². The first-order valence-electron chi connectivity index (χ1n) is 6.73. The van der Waals surface area contributed by atoms with E-state index in [1.165, 1.54) is 32.4 Å². The topological polar surface area (TPSA) is 29.3 Å². The quantitative estimate of drug-likeness (QED) is 0.802. The van der Waals surface area contributed by atoms with Crippen LogP contribution in [0.5, 0.6) is 0 Å². The summed E-state index contributed by atoms with van der Waals surface area (Å²) in [5.74, 6) is 0.902. The van der Waals surface area contributed by atoms with Crippen LogP contribution in [-0.2, 0) is 0 Å². The molecule has 2 heteroatoms. The van der Waals surface area contributed by atoms with Gasteiger partial charge in [-0.05, 0) is 57.5 Å². The fourth-order valence-electron chi connectivity index (χ4n) is 2.24. The van der Waals surface area contributed by atoms with Crippen molar-refractivity contribution in [2.75, 3.05) is 19.6 Å². The van der Waals surface area contributed by atoms with E-state index in [1.807, 2.05) is 0 Å². The Morgan fingerprint density at radius 3 is 2.31 bits per heavy atom. The van der Waals surface area contributed by atoms with Crippen molar-refractivity contribution in [3.8, 4) is 0 Å².